The molecule has 4 unspecified atom stereocenters. The van der Waals surface area contributed by atoms with E-state index in [1.165, 1.54) is 49.3 Å². The Labute approximate surface area is 660 Å². The van der Waals surface area contributed by atoms with Crippen LogP contribution in [0.5, 0.6) is 11.5 Å². The van der Waals surface area contributed by atoms with Crippen LogP contribution < -0.4 is 43.2 Å². The second kappa shape index (κ2) is 39.8. The van der Waals surface area contributed by atoms with E-state index in [9.17, 15) is 33.7 Å². The van der Waals surface area contributed by atoms with Gasteiger partial charge in [0.15, 0.2) is 0 Å². The van der Waals surface area contributed by atoms with Gasteiger partial charge in [0, 0.05) is 74.9 Å². The number of aryl methyl sites for hydroxylation is 3. The number of methoxy groups -OCH3 is 2. The SMILES string of the molecule is CCCCCCCCNC1c2ccc(C)cc2S(=O)(=O)N(C)c2ccsc21.CCOCCCNC1c2ccc(C)cc2S(=O)(=O)N(C)c2ccsc21.COCCCNC1c2ccc(C)cc2S(=O)(=O)N(C)c2ccsc21.COCCCNC1c2ccc(Oc3ccccc3)cc2S(=O)(=O)N(C)c2ccsc21.O=C=O. The van der Waals surface area contributed by atoms with Gasteiger partial charge in [-0.2, -0.15) is 9.59 Å². The molecular formula is C79H100N8O14S8. The number of nitrogens with zero attached hydrogens (tertiary/aromatic N) is 4. The number of fused-ring (bicyclic) bond motifs is 8. The molecule has 22 nitrogen and oxygen atoms in total. The lowest BCUT2D eigenvalue weighted by molar-refractivity contribution is -0.191. The predicted molar refractivity (Wildman–Crippen MR) is 438 cm³/mol. The van der Waals surface area contributed by atoms with Gasteiger partial charge in [0.05, 0.1) is 86.0 Å². The highest BCUT2D eigenvalue weighted by molar-refractivity contribution is 7.93. The summed E-state index contributed by atoms with van der Waals surface area (Å²) >= 11 is 6.35. The van der Waals surface area contributed by atoms with Crippen LogP contribution in [0.1, 0.15) is 154 Å². The lowest BCUT2D eigenvalue weighted by Crippen LogP contribution is -2.26. The van der Waals surface area contributed by atoms with Gasteiger partial charge in [-0.1, -0.05) is 99.7 Å². The number of benzene rings is 5. The minimum absolute atomic E-state index is 0.0778. The largest absolute Gasteiger partial charge is 0.457 e. The predicted octanol–water partition coefficient (Wildman–Crippen LogP) is 15.3. The van der Waals surface area contributed by atoms with Crippen LogP contribution >= 0.6 is 45.3 Å². The first-order valence-electron chi connectivity index (χ1n) is 36.3. The van der Waals surface area contributed by atoms with E-state index in [0.29, 0.717) is 64.8 Å². The Bertz CT molecular complexity index is 4980. The number of nitrogens with one attached hydrogen (secondary N) is 4. The lowest BCUT2D eigenvalue weighted by Gasteiger charge is -2.19. The molecule has 0 bridgehead atoms. The van der Waals surface area contributed by atoms with Crippen LogP contribution in [0.2, 0.25) is 0 Å². The van der Waals surface area contributed by atoms with Crippen LogP contribution in [0.25, 0.3) is 0 Å². The first kappa shape index (κ1) is 85.8. The minimum atomic E-state index is -3.73. The van der Waals surface area contributed by atoms with E-state index in [-0.39, 0.29) is 35.2 Å². The van der Waals surface area contributed by atoms with Crippen molar-refractivity contribution in [2.45, 2.75) is 136 Å². The van der Waals surface area contributed by atoms with E-state index in [0.717, 1.165) is 121 Å². The third-order valence-electron chi connectivity index (χ3n) is 19.0. The molecule has 588 valence electrons. The summed E-state index contributed by atoms with van der Waals surface area (Å²) in [5.74, 6) is 1.14. The number of ether oxygens (including phenoxy) is 4. The molecule has 0 spiro atoms. The lowest BCUT2D eigenvalue weighted by atomic mass is 10.0. The summed E-state index contributed by atoms with van der Waals surface area (Å²) in [6.45, 7) is 15.8. The van der Waals surface area contributed by atoms with Crippen LogP contribution in [0.15, 0.2) is 168 Å². The van der Waals surface area contributed by atoms with E-state index in [1.54, 1.807) is 112 Å². The van der Waals surface area contributed by atoms with Crippen LogP contribution in [-0.2, 0) is 63.9 Å². The summed E-state index contributed by atoms with van der Waals surface area (Å²) in [5, 5.41) is 22.0. The number of para-hydroxylation sites is 1. The van der Waals surface area contributed by atoms with Crippen molar-refractivity contribution in [1.82, 2.24) is 21.3 Å². The van der Waals surface area contributed by atoms with Crippen molar-refractivity contribution in [2.75, 3.05) is 112 Å². The summed E-state index contributed by atoms with van der Waals surface area (Å²) in [7, 11) is -4.52. The zero-order valence-electron chi connectivity index (χ0n) is 63.5. The van der Waals surface area contributed by atoms with E-state index in [2.05, 4.69) is 28.2 Å². The fourth-order valence-electron chi connectivity index (χ4n) is 13.3. The molecule has 0 amide bonds. The standard InChI is InChI=1S/C22H24N2O4S2.C21H30N2O2S2.C18H24N2O3S2.C17H22N2O3S2.CO2/c1-24-19-11-14-29-22(19)21(23-12-6-13-27-2)18-10-9-17(15-20(18)30(24,25)26)28-16-7-4-3-5-8-16;1-4-5-6-7-8-9-13-22-20-17-11-10-16(2)15-19(17)27(24,25)23(3)18-12-14-26-21(18)20;1-4-23-10-5-9-19-17-14-7-6-13(2)12-16(14)25(21,22)20(3)15-8-11-24-18(15)17;1-12-5-6-13-15(11-12)24(20,21)19(2)14-7-10-23-17(14)16(13)18-8-4-9-22-3;2-1-3/h3-5,7-11,14-15,21,23H,6,12-13H2,1-2H3;10-12,14-15,20,22H,4-9,13H2,1-3H3;6-8,11-12,17,19H,4-5,9-10H2,1-3H3;5-7,10-11,16,18H,4,8-9H2,1-3H3;. The normalized spacial score (nSPS) is 17.6. The van der Waals surface area contributed by atoms with Gasteiger partial charge in [0.25, 0.3) is 40.1 Å². The van der Waals surface area contributed by atoms with Crippen LogP contribution in [0.3, 0.4) is 0 Å². The van der Waals surface area contributed by atoms with E-state index in [1.807, 2.05) is 152 Å². The molecule has 4 atom stereocenters. The molecule has 0 saturated heterocycles. The fourth-order valence-corrected chi connectivity index (χ4v) is 23.6. The van der Waals surface area contributed by atoms with Crippen molar-refractivity contribution in [3.05, 3.63) is 207 Å². The second-order valence-electron chi connectivity index (χ2n) is 26.5. The summed E-state index contributed by atoms with van der Waals surface area (Å²) in [6, 6.07) is 38.7. The van der Waals surface area contributed by atoms with Crippen molar-refractivity contribution < 1.29 is 62.2 Å². The third-order valence-corrected chi connectivity index (χ3v) is 30.2. The van der Waals surface area contributed by atoms with Gasteiger partial charge in [-0.15, -0.1) is 45.3 Å². The highest BCUT2D eigenvalue weighted by Crippen LogP contribution is 2.48. The second-order valence-corrected chi connectivity index (χ2v) is 38.0. The maximum Gasteiger partial charge on any atom is 0.373 e. The highest BCUT2D eigenvalue weighted by Gasteiger charge is 2.40. The van der Waals surface area contributed by atoms with E-state index < -0.39 is 40.1 Å². The Morgan fingerprint density at radius 3 is 1.04 bits per heavy atom. The average Bonchev–Trinajstić information content (AvgIpc) is 1.63. The maximum atomic E-state index is 13.4. The Kier molecular flexibility index (Phi) is 31.3. The zero-order chi connectivity index (χ0) is 78.6. The molecule has 0 fully saturated rings. The molecule has 13 rings (SSSR count). The van der Waals surface area contributed by atoms with E-state index in [4.69, 9.17) is 28.5 Å². The van der Waals surface area contributed by atoms with Crippen molar-refractivity contribution in [3.63, 3.8) is 0 Å². The quantitative estimate of drug-likeness (QED) is 0.0367. The molecular weight excluding hydrogens is 1540 g/mol. The molecule has 4 N–H and O–H groups in total. The monoisotopic (exact) mass is 1640 g/mol. The molecule has 0 aliphatic carbocycles. The van der Waals surface area contributed by atoms with Crippen molar-refractivity contribution in [3.8, 4) is 11.5 Å². The number of hydrogen-bond donors (Lipinski definition) is 4. The molecule has 4 aliphatic rings. The smallest absolute Gasteiger partial charge is 0.373 e. The van der Waals surface area contributed by atoms with Gasteiger partial charge >= 0.3 is 6.15 Å². The average molecular weight is 1640 g/mol. The first-order valence-corrected chi connectivity index (χ1v) is 45.5. The topological polar surface area (TPSA) is 269 Å². The van der Waals surface area contributed by atoms with Crippen molar-refractivity contribution in [2.24, 2.45) is 0 Å². The van der Waals surface area contributed by atoms with E-state index >= 15 is 0 Å². The summed E-state index contributed by atoms with van der Waals surface area (Å²) in [4.78, 5) is 21.8. The van der Waals surface area contributed by atoms with Crippen LogP contribution in [-0.4, -0.2) is 135 Å². The first-order chi connectivity index (χ1) is 52.3. The molecule has 9 aromatic rings. The molecule has 0 saturated carbocycles. The number of rotatable bonds is 26. The molecule has 4 aromatic heterocycles. The molecule has 4 aliphatic heterocycles. The Hall–Kier alpha value is -7.20. The molecule has 5 aromatic carbocycles. The van der Waals surface area contributed by atoms with Gasteiger partial charge in [0.2, 0.25) is 0 Å². The highest BCUT2D eigenvalue weighted by atomic mass is 32.2. The zero-order valence-corrected chi connectivity index (χ0v) is 70.1. The number of carbonyl (C=O) groups excluding carboxylic acids is 2. The van der Waals surface area contributed by atoms with Crippen LogP contribution in [0, 0.1) is 20.8 Å². The molecule has 0 radical (unpaired) electrons. The van der Waals surface area contributed by atoms with Crippen LogP contribution in [0.4, 0.5) is 22.7 Å². The maximum absolute atomic E-state index is 13.4. The van der Waals surface area contributed by atoms with Gasteiger partial charge in [-0.25, -0.2) is 33.7 Å². The van der Waals surface area contributed by atoms with Crippen molar-refractivity contribution >= 4 is 114 Å². The number of sulfonamides is 4. The summed E-state index contributed by atoms with van der Waals surface area (Å²) in [6.07, 6.45) is 10.3. The van der Waals surface area contributed by atoms with Gasteiger partial charge in [-0.3, -0.25) is 17.2 Å². The summed E-state index contributed by atoms with van der Waals surface area (Å²) in [5.41, 5.74) is 9.04. The van der Waals surface area contributed by atoms with Crippen molar-refractivity contribution in [1.29, 1.82) is 0 Å². The number of unbranched alkanes of at least 4 members (excludes halogenated alkanes) is 5. The molecule has 109 heavy (non-hydrogen) atoms. The molecule has 8 heterocycles. The minimum Gasteiger partial charge on any atom is -0.457 e. The van der Waals surface area contributed by atoms with Gasteiger partial charge < -0.3 is 40.2 Å². The molecule has 30 heteroatoms. The fraction of sp³-hybridized carbons (Fsp3) is 0.405. The van der Waals surface area contributed by atoms with Gasteiger partial charge in [-0.05, 0) is 201 Å². The number of hydrogen-bond acceptors (Lipinski definition) is 22. The Morgan fingerprint density at radius 1 is 0.385 bits per heavy atom. The number of anilines is 4. The third kappa shape index (κ3) is 20.2. The van der Waals surface area contributed by atoms with Gasteiger partial charge in [0.1, 0.15) is 11.5 Å². The summed E-state index contributed by atoms with van der Waals surface area (Å²) < 4.78 is 133. The number of thiophene rings is 4. The Morgan fingerprint density at radius 2 is 0.697 bits per heavy atom. The Balaban J connectivity index is 0.000000166.